The molecule has 4 nitrogen and oxygen atoms in total. The Kier molecular flexibility index (Phi) is 9.40. The molecule has 0 heterocycles. The molecule has 2 rings (SSSR count). The van der Waals surface area contributed by atoms with Crippen LogP contribution in [0.15, 0.2) is 84.3 Å². The molecular formula is C21H24CoN2O2. The molecule has 0 saturated heterocycles. The van der Waals surface area contributed by atoms with E-state index in [-0.39, 0.29) is 34.4 Å². The van der Waals surface area contributed by atoms with E-state index >= 15 is 0 Å². The van der Waals surface area contributed by atoms with E-state index in [0.717, 1.165) is 18.4 Å². The van der Waals surface area contributed by atoms with Crippen molar-refractivity contribution in [3.63, 3.8) is 0 Å². The van der Waals surface area contributed by atoms with Gasteiger partial charge in [-0.05, 0) is 44.1 Å². The predicted molar refractivity (Wildman–Crippen MR) is 102 cm³/mol. The van der Waals surface area contributed by atoms with E-state index in [1.165, 1.54) is 0 Å². The Labute approximate surface area is 165 Å². The van der Waals surface area contributed by atoms with E-state index in [1.54, 1.807) is 48.9 Å². The summed E-state index contributed by atoms with van der Waals surface area (Å²) in [4.78, 5) is 23.5. The van der Waals surface area contributed by atoms with Crippen molar-refractivity contribution in [3.8, 4) is 0 Å². The second-order valence-corrected chi connectivity index (χ2v) is 6.13. The van der Waals surface area contributed by atoms with Crippen molar-refractivity contribution in [2.24, 2.45) is 0 Å². The molecule has 0 aromatic heterocycles. The number of nitrogens with one attached hydrogen (secondary N) is 2. The fraction of sp³-hybridized carbons (Fsp3) is 0.238. The third-order valence-corrected chi connectivity index (χ3v) is 3.85. The average molecular weight is 395 g/mol. The monoisotopic (exact) mass is 395 g/mol. The smallest absolute Gasteiger partial charge is 0.187 e. The number of carbonyl (C=O) groups is 2. The van der Waals surface area contributed by atoms with Gasteiger partial charge in [-0.25, -0.2) is 0 Å². The largest absolute Gasteiger partial charge is 0.388 e. The molecule has 0 bridgehead atoms. The molecule has 0 fully saturated rings. The molecule has 2 N–H and O–H groups in total. The molecule has 26 heavy (non-hydrogen) atoms. The van der Waals surface area contributed by atoms with Crippen LogP contribution in [0.5, 0.6) is 0 Å². The molecule has 1 atom stereocenters. The first-order valence-corrected chi connectivity index (χ1v) is 8.38. The summed E-state index contributed by atoms with van der Waals surface area (Å²) < 4.78 is 0. The quantitative estimate of drug-likeness (QED) is 0.490. The summed E-state index contributed by atoms with van der Waals surface area (Å²) in [6.45, 7) is 6.58. The van der Waals surface area contributed by atoms with E-state index in [4.69, 9.17) is 0 Å². The van der Waals surface area contributed by atoms with Crippen LogP contribution in [-0.4, -0.2) is 24.2 Å². The van der Waals surface area contributed by atoms with Crippen molar-refractivity contribution in [2.75, 3.05) is 6.54 Å². The van der Waals surface area contributed by atoms with E-state index in [0.29, 0.717) is 17.7 Å². The first-order chi connectivity index (χ1) is 12.1. The minimum atomic E-state index is -0.00621. The maximum atomic E-state index is 11.8. The van der Waals surface area contributed by atoms with Gasteiger partial charge >= 0.3 is 0 Å². The van der Waals surface area contributed by atoms with Crippen LogP contribution in [0.2, 0.25) is 0 Å². The summed E-state index contributed by atoms with van der Waals surface area (Å²) in [6.07, 6.45) is 19.1. The van der Waals surface area contributed by atoms with Crippen molar-refractivity contribution in [1.29, 1.82) is 0 Å². The standard InChI is InChI=1S/C21H24N2O2.Co/c1-16(2)11-12-19(23-14-18-8-4-6-10-21(18)25)15-22-13-17-7-3-5-9-20(17)24;/h3-10,13-14,19,22-23H,1,11-12,15H2,2H3;/b17-13-,18-14-;. The van der Waals surface area contributed by atoms with Crippen molar-refractivity contribution < 1.29 is 26.4 Å². The van der Waals surface area contributed by atoms with Crippen LogP contribution >= 0.6 is 0 Å². The Balaban J connectivity index is 0.00000338. The fourth-order valence-electron chi connectivity index (χ4n) is 2.38. The minimum absolute atomic E-state index is 0. The minimum Gasteiger partial charge on any atom is -0.388 e. The number of ketones is 2. The van der Waals surface area contributed by atoms with Gasteiger partial charge in [0.2, 0.25) is 0 Å². The van der Waals surface area contributed by atoms with Gasteiger partial charge in [0.1, 0.15) is 0 Å². The summed E-state index contributed by atoms with van der Waals surface area (Å²) in [6, 6.07) is 0.117. The normalized spacial score (nSPS) is 19.6. The van der Waals surface area contributed by atoms with Crippen LogP contribution in [0.1, 0.15) is 19.8 Å². The molecule has 0 saturated carbocycles. The Hall–Kier alpha value is -2.37. The number of carbonyl (C=O) groups excluding carboxylic acids is 2. The molecule has 5 heteroatoms. The van der Waals surface area contributed by atoms with Crippen LogP contribution < -0.4 is 10.6 Å². The molecule has 1 unspecified atom stereocenters. The van der Waals surface area contributed by atoms with Crippen LogP contribution in [0.3, 0.4) is 0 Å². The van der Waals surface area contributed by atoms with Gasteiger partial charge in [0.05, 0.1) is 0 Å². The zero-order valence-corrected chi connectivity index (χ0v) is 15.9. The van der Waals surface area contributed by atoms with Gasteiger partial charge in [0.15, 0.2) is 11.6 Å². The first-order valence-electron chi connectivity index (χ1n) is 8.38. The van der Waals surface area contributed by atoms with Gasteiger partial charge in [-0.15, -0.1) is 6.58 Å². The van der Waals surface area contributed by atoms with Crippen LogP contribution in [0.4, 0.5) is 0 Å². The molecule has 0 spiro atoms. The maximum absolute atomic E-state index is 11.8. The average Bonchev–Trinajstić information content (AvgIpc) is 2.59. The summed E-state index contributed by atoms with van der Waals surface area (Å²) >= 11 is 0. The van der Waals surface area contributed by atoms with Gasteiger partial charge in [-0.3, -0.25) is 9.59 Å². The van der Waals surface area contributed by atoms with E-state index in [9.17, 15) is 9.59 Å². The second-order valence-electron chi connectivity index (χ2n) is 6.13. The molecule has 0 aliphatic heterocycles. The van der Waals surface area contributed by atoms with Crippen LogP contribution in [-0.2, 0) is 26.4 Å². The maximum Gasteiger partial charge on any atom is 0.187 e. The van der Waals surface area contributed by atoms with Crippen molar-refractivity contribution in [2.45, 2.75) is 25.8 Å². The van der Waals surface area contributed by atoms with Crippen molar-refractivity contribution >= 4 is 11.6 Å². The number of hydrogen-bond acceptors (Lipinski definition) is 4. The summed E-state index contributed by atoms with van der Waals surface area (Å²) in [5.41, 5.74) is 2.39. The third-order valence-electron chi connectivity index (χ3n) is 3.85. The molecule has 0 aromatic carbocycles. The van der Waals surface area contributed by atoms with Gasteiger partial charge in [0.25, 0.3) is 0 Å². The second kappa shape index (κ2) is 11.3. The SMILES string of the molecule is C=C(C)CCC(CN/C=C1/C=CC=CC1=O)N/C=C1/C=CC=CC1=O.[Co]. The predicted octanol–water partition coefficient (Wildman–Crippen LogP) is 3.05. The van der Waals surface area contributed by atoms with E-state index < -0.39 is 0 Å². The number of allylic oxidation sites excluding steroid dienone is 11. The number of rotatable bonds is 8. The molecule has 1 radical (unpaired) electrons. The zero-order valence-electron chi connectivity index (χ0n) is 14.8. The van der Waals surface area contributed by atoms with Crippen molar-refractivity contribution in [1.82, 2.24) is 10.6 Å². The van der Waals surface area contributed by atoms with Crippen LogP contribution in [0, 0.1) is 0 Å². The summed E-state index contributed by atoms with van der Waals surface area (Å²) in [7, 11) is 0. The first kappa shape index (κ1) is 21.7. The molecule has 0 aromatic rings. The molecular weight excluding hydrogens is 371 g/mol. The fourth-order valence-corrected chi connectivity index (χ4v) is 2.38. The Bertz CT molecular complexity index is 724. The van der Waals surface area contributed by atoms with Gasteiger partial charge in [0, 0.05) is 52.9 Å². The Morgan fingerprint density at radius 2 is 1.54 bits per heavy atom. The van der Waals surface area contributed by atoms with E-state index in [2.05, 4.69) is 17.2 Å². The van der Waals surface area contributed by atoms with Gasteiger partial charge in [-0.1, -0.05) is 29.9 Å². The zero-order chi connectivity index (χ0) is 18.1. The van der Waals surface area contributed by atoms with E-state index in [1.807, 2.05) is 19.1 Å². The number of hydrogen-bond donors (Lipinski definition) is 2. The summed E-state index contributed by atoms with van der Waals surface area (Å²) in [5.74, 6) is -0.0123. The third kappa shape index (κ3) is 7.25. The Morgan fingerprint density at radius 3 is 2.08 bits per heavy atom. The van der Waals surface area contributed by atoms with Crippen molar-refractivity contribution in [3.05, 3.63) is 84.3 Å². The van der Waals surface area contributed by atoms with Crippen LogP contribution in [0.25, 0.3) is 0 Å². The topological polar surface area (TPSA) is 58.2 Å². The Morgan fingerprint density at radius 1 is 1.00 bits per heavy atom. The molecule has 139 valence electrons. The van der Waals surface area contributed by atoms with Gasteiger partial charge < -0.3 is 10.6 Å². The van der Waals surface area contributed by atoms with Gasteiger partial charge in [-0.2, -0.15) is 0 Å². The molecule has 2 aliphatic carbocycles. The summed E-state index contributed by atoms with van der Waals surface area (Å²) in [5, 5.41) is 6.51. The molecule has 0 amide bonds. The molecule has 2 aliphatic rings.